The molecule has 5 nitrogen and oxygen atoms in total. The van der Waals surface area contributed by atoms with E-state index in [0.717, 1.165) is 11.7 Å². The minimum atomic E-state index is 0.527. The fraction of sp³-hybridized carbons (Fsp3) is 0.300. The Morgan fingerprint density at radius 1 is 1.47 bits per heavy atom. The van der Waals surface area contributed by atoms with Gasteiger partial charge in [0.1, 0.15) is 5.03 Å². The van der Waals surface area contributed by atoms with Crippen molar-refractivity contribution in [1.82, 2.24) is 19.5 Å². The van der Waals surface area contributed by atoms with Crippen LogP contribution in [0.2, 0.25) is 5.02 Å². The molecule has 0 aliphatic rings. The molecule has 2 aromatic heterocycles. The zero-order valence-electron chi connectivity index (χ0n) is 9.51. The van der Waals surface area contributed by atoms with E-state index < -0.39 is 0 Å². The fourth-order valence-electron chi connectivity index (χ4n) is 1.20. The first-order valence-electron chi connectivity index (χ1n) is 5.12. The van der Waals surface area contributed by atoms with Gasteiger partial charge < -0.3 is 9.88 Å². The van der Waals surface area contributed by atoms with Crippen LogP contribution in [0.25, 0.3) is 0 Å². The van der Waals surface area contributed by atoms with Gasteiger partial charge >= 0.3 is 0 Å². The lowest BCUT2D eigenvalue weighted by atomic mass is 10.6. The number of nitrogens with one attached hydrogen (secondary N) is 1. The van der Waals surface area contributed by atoms with Gasteiger partial charge in [-0.3, -0.25) is 0 Å². The molecule has 17 heavy (non-hydrogen) atoms. The van der Waals surface area contributed by atoms with Crippen molar-refractivity contribution in [2.45, 2.75) is 17.1 Å². The Kier molecular flexibility index (Phi) is 3.86. The standard InChI is InChI=1S/C10H12ClN5S/c1-3-12-9-14-6-7(11)8(15-9)17-10-13-4-5-16(10)2/h4-6H,3H2,1-2H3,(H,12,14,15). The molecule has 0 amide bonds. The van der Waals surface area contributed by atoms with Crippen LogP contribution in [0.3, 0.4) is 0 Å². The van der Waals surface area contributed by atoms with Gasteiger partial charge in [-0.25, -0.2) is 15.0 Å². The molecular weight excluding hydrogens is 258 g/mol. The molecule has 0 fully saturated rings. The number of imidazole rings is 1. The normalized spacial score (nSPS) is 10.5. The van der Waals surface area contributed by atoms with Crippen molar-refractivity contribution in [2.75, 3.05) is 11.9 Å². The van der Waals surface area contributed by atoms with Crippen molar-refractivity contribution in [2.24, 2.45) is 7.05 Å². The van der Waals surface area contributed by atoms with Gasteiger partial charge in [0.25, 0.3) is 0 Å². The van der Waals surface area contributed by atoms with Crippen LogP contribution in [-0.2, 0) is 7.05 Å². The molecule has 2 rings (SSSR count). The second kappa shape index (κ2) is 5.37. The lowest BCUT2D eigenvalue weighted by molar-refractivity contribution is 0.788. The largest absolute Gasteiger partial charge is 0.354 e. The van der Waals surface area contributed by atoms with E-state index in [4.69, 9.17) is 11.6 Å². The van der Waals surface area contributed by atoms with Crippen molar-refractivity contribution in [3.05, 3.63) is 23.6 Å². The Balaban J connectivity index is 2.25. The number of aromatic nitrogens is 4. The molecule has 7 heteroatoms. The number of nitrogens with zero attached hydrogens (tertiary/aromatic N) is 4. The predicted octanol–water partition coefficient (Wildman–Crippen LogP) is 2.45. The molecule has 0 atom stereocenters. The summed E-state index contributed by atoms with van der Waals surface area (Å²) in [4.78, 5) is 12.6. The van der Waals surface area contributed by atoms with Crippen LogP contribution in [0, 0.1) is 0 Å². The number of aryl methyl sites for hydroxylation is 1. The van der Waals surface area contributed by atoms with Crippen molar-refractivity contribution in [1.29, 1.82) is 0 Å². The van der Waals surface area contributed by atoms with Crippen molar-refractivity contribution < 1.29 is 0 Å². The molecule has 0 saturated heterocycles. The van der Waals surface area contributed by atoms with Crippen LogP contribution in [0.15, 0.2) is 28.8 Å². The topological polar surface area (TPSA) is 55.6 Å². The third kappa shape index (κ3) is 2.89. The number of halogens is 1. The van der Waals surface area contributed by atoms with Crippen molar-refractivity contribution >= 4 is 29.3 Å². The molecule has 0 aliphatic heterocycles. The average molecular weight is 270 g/mol. The SMILES string of the molecule is CCNc1ncc(Cl)c(Sc2nccn2C)n1. The van der Waals surface area contributed by atoms with Gasteiger partial charge in [0, 0.05) is 26.0 Å². The minimum Gasteiger partial charge on any atom is -0.354 e. The molecule has 90 valence electrons. The molecule has 2 heterocycles. The van der Waals surface area contributed by atoms with Gasteiger partial charge in [0.15, 0.2) is 5.16 Å². The first kappa shape index (κ1) is 12.2. The van der Waals surface area contributed by atoms with Gasteiger partial charge in [-0.1, -0.05) is 11.6 Å². The Morgan fingerprint density at radius 3 is 2.94 bits per heavy atom. The van der Waals surface area contributed by atoms with Gasteiger partial charge in [-0.05, 0) is 18.7 Å². The second-order valence-electron chi connectivity index (χ2n) is 3.30. The first-order valence-corrected chi connectivity index (χ1v) is 6.31. The lowest BCUT2D eigenvalue weighted by Gasteiger charge is -2.06. The first-order chi connectivity index (χ1) is 8.20. The molecular formula is C10H12ClN5S. The van der Waals surface area contributed by atoms with Crippen molar-refractivity contribution in [3.8, 4) is 0 Å². The summed E-state index contributed by atoms with van der Waals surface area (Å²) in [7, 11) is 1.93. The molecule has 0 bridgehead atoms. The van der Waals surface area contributed by atoms with Crippen LogP contribution in [0.1, 0.15) is 6.92 Å². The molecule has 0 spiro atoms. The average Bonchev–Trinajstić information content (AvgIpc) is 2.70. The molecule has 0 saturated carbocycles. The maximum absolute atomic E-state index is 6.05. The molecule has 1 N–H and O–H groups in total. The second-order valence-corrected chi connectivity index (χ2v) is 4.66. The summed E-state index contributed by atoms with van der Waals surface area (Å²) in [5.41, 5.74) is 0. The van der Waals surface area contributed by atoms with E-state index in [9.17, 15) is 0 Å². The molecule has 2 aromatic rings. The highest BCUT2D eigenvalue weighted by molar-refractivity contribution is 7.99. The smallest absolute Gasteiger partial charge is 0.223 e. The maximum atomic E-state index is 6.05. The van der Waals surface area contributed by atoms with E-state index in [1.807, 2.05) is 24.7 Å². The zero-order chi connectivity index (χ0) is 12.3. The zero-order valence-corrected chi connectivity index (χ0v) is 11.1. The molecule has 0 unspecified atom stereocenters. The Morgan fingerprint density at radius 2 is 2.29 bits per heavy atom. The predicted molar refractivity (Wildman–Crippen MR) is 68.5 cm³/mol. The fourth-order valence-corrected chi connectivity index (χ4v) is 2.18. The third-order valence-corrected chi connectivity index (χ3v) is 3.48. The summed E-state index contributed by atoms with van der Waals surface area (Å²) >= 11 is 7.47. The van der Waals surface area contributed by atoms with Crippen LogP contribution in [0.4, 0.5) is 5.95 Å². The Bertz CT molecular complexity index is 513. The molecule has 0 aromatic carbocycles. The highest BCUT2D eigenvalue weighted by Gasteiger charge is 2.09. The Hall–Kier alpha value is -1.27. The van der Waals surface area contributed by atoms with Gasteiger partial charge in [0.2, 0.25) is 5.95 Å². The minimum absolute atomic E-state index is 0.527. The van der Waals surface area contributed by atoms with Crippen molar-refractivity contribution in [3.63, 3.8) is 0 Å². The molecule has 0 aliphatic carbocycles. The summed E-state index contributed by atoms with van der Waals surface area (Å²) in [5, 5.41) is 5.12. The van der Waals surface area contributed by atoms with Crippen LogP contribution in [-0.4, -0.2) is 26.1 Å². The van der Waals surface area contributed by atoms with Gasteiger partial charge in [-0.2, -0.15) is 0 Å². The van der Waals surface area contributed by atoms with Crippen LogP contribution < -0.4 is 5.32 Å². The van der Waals surface area contributed by atoms with E-state index >= 15 is 0 Å². The number of hydrogen-bond acceptors (Lipinski definition) is 5. The summed E-state index contributed by atoms with van der Waals surface area (Å²) in [6, 6.07) is 0. The lowest BCUT2D eigenvalue weighted by Crippen LogP contribution is -2.02. The van der Waals surface area contributed by atoms with Crippen LogP contribution >= 0.6 is 23.4 Å². The quantitative estimate of drug-likeness (QED) is 0.864. The monoisotopic (exact) mass is 269 g/mol. The van der Waals surface area contributed by atoms with E-state index in [2.05, 4.69) is 20.3 Å². The Labute approximate surface area is 109 Å². The number of rotatable bonds is 4. The van der Waals surface area contributed by atoms with Crippen LogP contribution in [0.5, 0.6) is 0 Å². The highest BCUT2D eigenvalue weighted by Crippen LogP contribution is 2.30. The summed E-state index contributed by atoms with van der Waals surface area (Å²) in [5.74, 6) is 0.577. The van der Waals surface area contributed by atoms with Gasteiger partial charge in [0.05, 0.1) is 11.2 Å². The third-order valence-electron chi connectivity index (χ3n) is 2.01. The number of anilines is 1. The summed E-state index contributed by atoms with van der Waals surface area (Å²) < 4.78 is 1.91. The van der Waals surface area contributed by atoms with E-state index in [0.29, 0.717) is 16.0 Å². The summed E-state index contributed by atoms with van der Waals surface area (Å²) in [6.07, 6.45) is 5.21. The summed E-state index contributed by atoms with van der Waals surface area (Å²) in [6.45, 7) is 2.76. The number of hydrogen-bond donors (Lipinski definition) is 1. The molecule has 0 radical (unpaired) electrons. The van der Waals surface area contributed by atoms with E-state index in [1.54, 1.807) is 12.4 Å². The van der Waals surface area contributed by atoms with E-state index in [1.165, 1.54) is 11.8 Å². The van der Waals surface area contributed by atoms with Gasteiger partial charge in [-0.15, -0.1) is 0 Å². The van der Waals surface area contributed by atoms with E-state index in [-0.39, 0.29) is 0 Å². The highest BCUT2D eigenvalue weighted by atomic mass is 35.5. The maximum Gasteiger partial charge on any atom is 0.223 e.